The van der Waals surface area contributed by atoms with Crippen molar-refractivity contribution in [3.8, 4) is 0 Å². The van der Waals surface area contributed by atoms with Crippen molar-refractivity contribution in [1.82, 2.24) is 10.2 Å². The molecule has 1 heterocycles. The molecule has 112 valence electrons. The van der Waals surface area contributed by atoms with Crippen LogP contribution in [0.25, 0.3) is 0 Å². The molecule has 1 unspecified atom stereocenters. The van der Waals surface area contributed by atoms with Gasteiger partial charge in [-0.15, -0.1) is 0 Å². The van der Waals surface area contributed by atoms with E-state index in [1.165, 1.54) is 31.5 Å². The Hall–Kier alpha value is -0.860. The molecule has 1 N–H and O–H groups in total. The molecule has 0 amide bonds. The van der Waals surface area contributed by atoms with Gasteiger partial charge in [0.15, 0.2) is 0 Å². The van der Waals surface area contributed by atoms with E-state index in [1.54, 1.807) is 5.56 Å². The summed E-state index contributed by atoms with van der Waals surface area (Å²) >= 11 is 0. The van der Waals surface area contributed by atoms with Gasteiger partial charge in [-0.2, -0.15) is 0 Å². The summed E-state index contributed by atoms with van der Waals surface area (Å²) in [6, 6.07) is 8.95. The highest BCUT2D eigenvalue weighted by Crippen LogP contribution is 2.19. The molecule has 0 bridgehead atoms. The Morgan fingerprint density at radius 3 is 2.60 bits per heavy atom. The minimum atomic E-state index is 0.721. The van der Waals surface area contributed by atoms with Crippen LogP contribution >= 0.6 is 0 Å². The average molecular weight is 274 g/mol. The molecule has 2 rings (SSSR count). The Morgan fingerprint density at radius 2 is 1.85 bits per heavy atom. The first-order valence-electron chi connectivity index (χ1n) is 8.15. The van der Waals surface area contributed by atoms with E-state index in [2.05, 4.69) is 55.3 Å². The van der Waals surface area contributed by atoms with Crippen LogP contribution in [0.3, 0.4) is 0 Å². The molecule has 0 aliphatic carbocycles. The summed E-state index contributed by atoms with van der Waals surface area (Å²) in [5.41, 5.74) is 3.09. The minimum absolute atomic E-state index is 0.721. The van der Waals surface area contributed by atoms with Gasteiger partial charge in [-0.25, -0.2) is 0 Å². The normalized spacial score (nSPS) is 17.8. The molecule has 2 heteroatoms. The molecule has 1 aromatic rings. The maximum Gasteiger partial charge on any atom is 0.0236 e. The summed E-state index contributed by atoms with van der Waals surface area (Å²) in [4.78, 5) is 2.63. The van der Waals surface area contributed by atoms with Crippen molar-refractivity contribution < 1.29 is 0 Å². The maximum atomic E-state index is 3.58. The van der Waals surface area contributed by atoms with Gasteiger partial charge in [0.2, 0.25) is 0 Å². The van der Waals surface area contributed by atoms with Crippen LogP contribution in [0.1, 0.15) is 38.3 Å². The van der Waals surface area contributed by atoms with Crippen molar-refractivity contribution >= 4 is 0 Å². The molecule has 1 atom stereocenters. The van der Waals surface area contributed by atoms with Crippen LogP contribution in [-0.2, 0) is 13.0 Å². The predicted molar refractivity (Wildman–Crippen MR) is 86.9 cm³/mol. The minimum Gasteiger partial charge on any atom is -0.316 e. The van der Waals surface area contributed by atoms with Crippen molar-refractivity contribution in [3.63, 3.8) is 0 Å². The SMILES string of the molecule is CC(C)CNCC(C)CN1CCCc2ccccc2C1. The van der Waals surface area contributed by atoms with Crippen LogP contribution in [0.2, 0.25) is 0 Å². The molecular formula is C18H30N2. The summed E-state index contributed by atoms with van der Waals surface area (Å²) in [7, 11) is 0. The summed E-state index contributed by atoms with van der Waals surface area (Å²) < 4.78 is 0. The lowest BCUT2D eigenvalue weighted by Gasteiger charge is -2.25. The van der Waals surface area contributed by atoms with E-state index in [-0.39, 0.29) is 0 Å². The average Bonchev–Trinajstić information content (AvgIpc) is 2.59. The van der Waals surface area contributed by atoms with Crippen LogP contribution in [0, 0.1) is 11.8 Å². The lowest BCUT2D eigenvalue weighted by atomic mass is 10.0. The van der Waals surface area contributed by atoms with E-state index >= 15 is 0 Å². The topological polar surface area (TPSA) is 15.3 Å². The van der Waals surface area contributed by atoms with Crippen LogP contribution < -0.4 is 5.32 Å². The number of hydrogen-bond acceptors (Lipinski definition) is 2. The predicted octanol–water partition coefficient (Wildman–Crippen LogP) is 3.32. The quantitative estimate of drug-likeness (QED) is 0.856. The highest BCUT2D eigenvalue weighted by atomic mass is 15.1. The van der Waals surface area contributed by atoms with Crippen molar-refractivity contribution in [2.75, 3.05) is 26.2 Å². The Balaban J connectivity index is 1.81. The first-order chi connectivity index (χ1) is 9.65. The smallest absolute Gasteiger partial charge is 0.0236 e. The van der Waals surface area contributed by atoms with Gasteiger partial charge in [0.05, 0.1) is 0 Å². The van der Waals surface area contributed by atoms with Crippen molar-refractivity contribution in [2.24, 2.45) is 11.8 Å². The molecular weight excluding hydrogens is 244 g/mol. The van der Waals surface area contributed by atoms with Gasteiger partial charge in [-0.05, 0) is 55.4 Å². The van der Waals surface area contributed by atoms with Gasteiger partial charge in [0.1, 0.15) is 0 Å². The fourth-order valence-electron chi connectivity index (χ4n) is 3.05. The second-order valence-electron chi connectivity index (χ2n) is 6.76. The lowest BCUT2D eigenvalue weighted by Crippen LogP contribution is -2.34. The van der Waals surface area contributed by atoms with Gasteiger partial charge in [-0.3, -0.25) is 4.90 Å². The van der Waals surface area contributed by atoms with E-state index in [0.717, 1.165) is 31.5 Å². The highest BCUT2D eigenvalue weighted by molar-refractivity contribution is 5.27. The number of nitrogens with zero attached hydrogens (tertiary/aromatic N) is 1. The third-order valence-corrected chi connectivity index (χ3v) is 4.05. The first kappa shape index (κ1) is 15.5. The van der Waals surface area contributed by atoms with Crippen molar-refractivity contribution in [1.29, 1.82) is 0 Å². The maximum absolute atomic E-state index is 3.58. The Kier molecular flexibility index (Phi) is 6.06. The lowest BCUT2D eigenvalue weighted by molar-refractivity contribution is 0.229. The van der Waals surface area contributed by atoms with Crippen LogP contribution in [0.15, 0.2) is 24.3 Å². The number of rotatable bonds is 6. The molecule has 2 nitrogen and oxygen atoms in total. The van der Waals surface area contributed by atoms with Gasteiger partial charge < -0.3 is 5.32 Å². The molecule has 0 saturated carbocycles. The Bertz CT molecular complexity index is 400. The third kappa shape index (κ3) is 4.92. The number of benzene rings is 1. The number of fused-ring (bicyclic) bond motifs is 1. The molecule has 1 aromatic carbocycles. The van der Waals surface area contributed by atoms with Gasteiger partial charge in [-0.1, -0.05) is 45.0 Å². The highest BCUT2D eigenvalue weighted by Gasteiger charge is 2.15. The van der Waals surface area contributed by atoms with E-state index in [0.29, 0.717) is 0 Å². The van der Waals surface area contributed by atoms with Crippen molar-refractivity contribution in [2.45, 2.75) is 40.2 Å². The van der Waals surface area contributed by atoms with Crippen LogP contribution in [-0.4, -0.2) is 31.1 Å². The molecule has 20 heavy (non-hydrogen) atoms. The standard InChI is InChI=1S/C18H30N2/c1-15(2)11-19-12-16(3)13-20-10-6-9-17-7-4-5-8-18(17)14-20/h4-5,7-8,15-16,19H,6,9-14H2,1-3H3. The molecule has 1 aliphatic heterocycles. The molecule has 0 radical (unpaired) electrons. The molecule has 0 fully saturated rings. The Labute approximate surface area is 124 Å². The second kappa shape index (κ2) is 7.80. The zero-order chi connectivity index (χ0) is 14.4. The summed E-state index contributed by atoms with van der Waals surface area (Å²) in [6.07, 6.45) is 2.54. The third-order valence-electron chi connectivity index (χ3n) is 4.05. The molecule has 0 aromatic heterocycles. The van der Waals surface area contributed by atoms with Crippen LogP contribution in [0.5, 0.6) is 0 Å². The van der Waals surface area contributed by atoms with Crippen molar-refractivity contribution in [3.05, 3.63) is 35.4 Å². The molecule has 0 saturated heterocycles. The Morgan fingerprint density at radius 1 is 1.10 bits per heavy atom. The first-order valence-corrected chi connectivity index (χ1v) is 8.15. The van der Waals surface area contributed by atoms with E-state index in [9.17, 15) is 0 Å². The number of hydrogen-bond donors (Lipinski definition) is 1. The second-order valence-corrected chi connectivity index (χ2v) is 6.76. The van der Waals surface area contributed by atoms with E-state index in [1.807, 2.05) is 0 Å². The fourth-order valence-corrected chi connectivity index (χ4v) is 3.05. The van der Waals surface area contributed by atoms with Crippen LogP contribution in [0.4, 0.5) is 0 Å². The largest absolute Gasteiger partial charge is 0.316 e. The van der Waals surface area contributed by atoms with Gasteiger partial charge in [0.25, 0.3) is 0 Å². The van der Waals surface area contributed by atoms with E-state index < -0.39 is 0 Å². The number of aryl methyl sites for hydroxylation is 1. The summed E-state index contributed by atoms with van der Waals surface area (Å²) in [6.45, 7) is 12.7. The zero-order valence-corrected chi connectivity index (χ0v) is 13.4. The van der Waals surface area contributed by atoms with Gasteiger partial charge in [0, 0.05) is 13.1 Å². The molecule has 1 aliphatic rings. The number of nitrogens with one attached hydrogen (secondary N) is 1. The van der Waals surface area contributed by atoms with Gasteiger partial charge >= 0.3 is 0 Å². The molecule has 0 spiro atoms. The fraction of sp³-hybridized carbons (Fsp3) is 0.667. The summed E-state index contributed by atoms with van der Waals surface area (Å²) in [5.74, 6) is 1.46. The zero-order valence-electron chi connectivity index (χ0n) is 13.4. The van der Waals surface area contributed by atoms with E-state index in [4.69, 9.17) is 0 Å². The monoisotopic (exact) mass is 274 g/mol. The summed E-state index contributed by atoms with van der Waals surface area (Å²) in [5, 5.41) is 3.58.